The number of carbonyl (C=O) groups is 1. The normalized spacial score (nSPS) is 10.4. The average Bonchev–Trinajstić information content (AvgIpc) is 2.54. The zero-order chi connectivity index (χ0) is 15.9. The van der Waals surface area contributed by atoms with Gasteiger partial charge in [0.25, 0.3) is 0 Å². The van der Waals surface area contributed by atoms with Crippen molar-refractivity contribution in [3.8, 4) is 11.8 Å². The topological polar surface area (TPSA) is 50.1 Å². The van der Waals surface area contributed by atoms with Gasteiger partial charge in [0.05, 0.1) is 0 Å². The summed E-state index contributed by atoms with van der Waals surface area (Å²) in [6.45, 7) is 4.04. The highest BCUT2D eigenvalue weighted by Crippen LogP contribution is 2.15. The zero-order valence-corrected chi connectivity index (χ0v) is 12.7. The molecule has 0 atom stereocenters. The predicted octanol–water partition coefficient (Wildman–Crippen LogP) is 4.10. The molecule has 0 unspecified atom stereocenters. The monoisotopic (exact) mass is 291 g/mol. The number of nitrogens with zero attached hydrogens (tertiary/aromatic N) is 1. The number of ether oxygens (including phenoxy) is 1. The van der Waals surface area contributed by atoms with Crippen molar-refractivity contribution in [2.24, 2.45) is 0 Å². The summed E-state index contributed by atoms with van der Waals surface area (Å²) in [7, 11) is 0. The molecule has 0 amide bonds. The van der Waals surface area contributed by atoms with Crippen LogP contribution in [0.5, 0.6) is 5.75 Å². The number of aryl methyl sites for hydroxylation is 2. The highest BCUT2D eigenvalue weighted by atomic mass is 16.5. The molecule has 3 heteroatoms. The second-order valence-corrected chi connectivity index (χ2v) is 5.03. The molecule has 110 valence electrons. The number of hydrogen-bond donors (Lipinski definition) is 0. The molecule has 0 radical (unpaired) electrons. The fourth-order valence-corrected chi connectivity index (χ4v) is 2.03. The van der Waals surface area contributed by atoms with Gasteiger partial charge in [0.2, 0.25) is 0 Å². The number of allylic oxidation sites excluding steroid dienone is 1. The summed E-state index contributed by atoms with van der Waals surface area (Å²) in [5, 5.41) is 8.45. The van der Waals surface area contributed by atoms with Crippen LogP contribution in [0.3, 0.4) is 0 Å². The molecule has 2 rings (SSSR count). The minimum Gasteiger partial charge on any atom is -0.479 e. The van der Waals surface area contributed by atoms with Gasteiger partial charge in [0, 0.05) is 5.56 Å². The Morgan fingerprint density at radius 1 is 1.18 bits per heavy atom. The first kappa shape index (κ1) is 15.5. The van der Waals surface area contributed by atoms with Crippen molar-refractivity contribution in [1.82, 2.24) is 0 Å². The Morgan fingerprint density at radius 3 is 2.59 bits per heavy atom. The van der Waals surface area contributed by atoms with Crippen LogP contribution in [0.15, 0.2) is 48.5 Å². The van der Waals surface area contributed by atoms with Crippen molar-refractivity contribution < 1.29 is 9.53 Å². The third-order valence-electron chi connectivity index (χ3n) is 3.29. The molecule has 0 fully saturated rings. The van der Waals surface area contributed by atoms with Gasteiger partial charge in [-0.25, -0.2) is 0 Å². The maximum absolute atomic E-state index is 12.2. The van der Waals surface area contributed by atoms with Crippen LogP contribution in [0.4, 0.5) is 0 Å². The summed E-state index contributed by atoms with van der Waals surface area (Å²) < 4.78 is 5.16. The number of nitriles is 1. The standard InChI is InChI=1S/C19H17NO2/c1-14-3-4-15(2)17(13-14)7-10-19(21)16-5-8-18(9-6-16)22-12-11-20/h3-10,13H,12H2,1-2H3/b10-7+. The first-order chi connectivity index (χ1) is 10.6. The van der Waals surface area contributed by atoms with Crippen LogP contribution in [0, 0.1) is 25.2 Å². The molecule has 0 aliphatic carbocycles. The van der Waals surface area contributed by atoms with Crippen molar-refractivity contribution in [1.29, 1.82) is 5.26 Å². The van der Waals surface area contributed by atoms with Crippen LogP contribution < -0.4 is 4.74 Å². The number of rotatable bonds is 5. The van der Waals surface area contributed by atoms with E-state index in [1.807, 2.05) is 32.1 Å². The number of benzene rings is 2. The van der Waals surface area contributed by atoms with Crippen molar-refractivity contribution in [2.45, 2.75) is 13.8 Å². The minimum atomic E-state index is -0.0623. The summed E-state index contributed by atoms with van der Waals surface area (Å²) in [6, 6.07) is 14.8. The van der Waals surface area contributed by atoms with Gasteiger partial charge in [-0.1, -0.05) is 29.8 Å². The van der Waals surface area contributed by atoms with Crippen molar-refractivity contribution in [2.75, 3.05) is 6.61 Å². The predicted molar refractivity (Wildman–Crippen MR) is 86.8 cm³/mol. The van der Waals surface area contributed by atoms with Gasteiger partial charge >= 0.3 is 0 Å². The van der Waals surface area contributed by atoms with Crippen molar-refractivity contribution >= 4 is 11.9 Å². The maximum atomic E-state index is 12.2. The molecular weight excluding hydrogens is 274 g/mol. The van der Waals surface area contributed by atoms with E-state index >= 15 is 0 Å². The molecular formula is C19H17NO2. The Balaban J connectivity index is 2.10. The quantitative estimate of drug-likeness (QED) is 0.615. The third-order valence-corrected chi connectivity index (χ3v) is 3.29. The van der Waals surface area contributed by atoms with E-state index in [2.05, 4.69) is 12.1 Å². The lowest BCUT2D eigenvalue weighted by Gasteiger charge is -2.03. The van der Waals surface area contributed by atoms with E-state index in [0.717, 1.165) is 16.7 Å². The number of ketones is 1. The van der Waals surface area contributed by atoms with Gasteiger partial charge in [0.1, 0.15) is 11.8 Å². The van der Waals surface area contributed by atoms with Crippen LogP contribution in [-0.4, -0.2) is 12.4 Å². The van der Waals surface area contributed by atoms with E-state index in [1.165, 1.54) is 0 Å². The lowest BCUT2D eigenvalue weighted by molar-refractivity contribution is 0.104. The maximum Gasteiger partial charge on any atom is 0.185 e. The Kier molecular flexibility index (Phi) is 5.11. The van der Waals surface area contributed by atoms with Crippen LogP contribution >= 0.6 is 0 Å². The van der Waals surface area contributed by atoms with E-state index in [4.69, 9.17) is 10.00 Å². The second kappa shape index (κ2) is 7.24. The van der Waals surface area contributed by atoms with E-state index in [9.17, 15) is 4.79 Å². The Labute approximate surface area is 130 Å². The van der Waals surface area contributed by atoms with Gasteiger partial charge in [-0.05, 0) is 55.3 Å². The lowest BCUT2D eigenvalue weighted by Crippen LogP contribution is -1.96. The van der Waals surface area contributed by atoms with Crippen LogP contribution in [0.2, 0.25) is 0 Å². The van der Waals surface area contributed by atoms with E-state index in [0.29, 0.717) is 11.3 Å². The van der Waals surface area contributed by atoms with E-state index in [1.54, 1.807) is 30.3 Å². The molecule has 0 aliphatic rings. The SMILES string of the molecule is Cc1ccc(C)c(/C=C/C(=O)c2ccc(OCC#N)cc2)c1. The summed E-state index contributed by atoms with van der Waals surface area (Å²) in [6.07, 6.45) is 3.41. The summed E-state index contributed by atoms with van der Waals surface area (Å²) in [4.78, 5) is 12.2. The molecule has 0 aliphatic heterocycles. The molecule has 2 aromatic rings. The van der Waals surface area contributed by atoms with Crippen molar-refractivity contribution in [3.63, 3.8) is 0 Å². The minimum absolute atomic E-state index is 0.000168. The molecule has 22 heavy (non-hydrogen) atoms. The average molecular weight is 291 g/mol. The smallest absolute Gasteiger partial charge is 0.185 e. The summed E-state index contributed by atoms with van der Waals surface area (Å²) >= 11 is 0. The Hall–Kier alpha value is -2.86. The van der Waals surface area contributed by atoms with Gasteiger partial charge in [-0.2, -0.15) is 5.26 Å². The molecule has 0 bridgehead atoms. The van der Waals surface area contributed by atoms with Crippen LogP contribution in [0.1, 0.15) is 27.0 Å². The summed E-state index contributed by atoms with van der Waals surface area (Å²) in [5.74, 6) is 0.518. The van der Waals surface area contributed by atoms with Crippen LogP contribution in [0.25, 0.3) is 6.08 Å². The number of hydrogen-bond acceptors (Lipinski definition) is 3. The molecule has 0 saturated carbocycles. The summed E-state index contributed by atoms with van der Waals surface area (Å²) in [5.41, 5.74) is 3.93. The molecule has 0 heterocycles. The first-order valence-electron chi connectivity index (χ1n) is 6.99. The fraction of sp³-hybridized carbons (Fsp3) is 0.158. The molecule has 0 aromatic heterocycles. The Morgan fingerprint density at radius 2 is 1.91 bits per heavy atom. The van der Waals surface area contributed by atoms with E-state index in [-0.39, 0.29) is 12.4 Å². The largest absolute Gasteiger partial charge is 0.479 e. The van der Waals surface area contributed by atoms with Gasteiger partial charge in [-0.15, -0.1) is 0 Å². The zero-order valence-electron chi connectivity index (χ0n) is 12.7. The Bertz CT molecular complexity index is 737. The molecule has 0 spiro atoms. The number of carbonyl (C=O) groups excluding carboxylic acids is 1. The fourth-order valence-electron chi connectivity index (χ4n) is 2.03. The van der Waals surface area contributed by atoms with Crippen molar-refractivity contribution in [3.05, 3.63) is 70.8 Å². The lowest BCUT2D eigenvalue weighted by atomic mass is 10.0. The third kappa shape index (κ3) is 4.07. The highest BCUT2D eigenvalue weighted by Gasteiger charge is 2.03. The molecule has 0 saturated heterocycles. The van der Waals surface area contributed by atoms with Gasteiger partial charge < -0.3 is 4.74 Å². The second-order valence-electron chi connectivity index (χ2n) is 5.03. The van der Waals surface area contributed by atoms with Crippen LogP contribution in [-0.2, 0) is 0 Å². The highest BCUT2D eigenvalue weighted by molar-refractivity contribution is 6.06. The molecule has 3 nitrogen and oxygen atoms in total. The molecule has 0 N–H and O–H groups in total. The van der Waals surface area contributed by atoms with E-state index < -0.39 is 0 Å². The molecule has 2 aromatic carbocycles. The van der Waals surface area contributed by atoms with Gasteiger partial charge in [0.15, 0.2) is 12.4 Å². The first-order valence-corrected chi connectivity index (χ1v) is 6.99. The van der Waals surface area contributed by atoms with Gasteiger partial charge in [-0.3, -0.25) is 4.79 Å².